The van der Waals surface area contributed by atoms with Gasteiger partial charge < -0.3 is 10.5 Å². The van der Waals surface area contributed by atoms with Gasteiger partial charge in [0.1, 0.15) is 17.9 Å². The van der Waals surface area contributed by atoms with Crippen molar-refractivity contribution in [1.82, 2.24) is 0 Å². The van der Waals surface area contributed by atoms with Crippen LogP contribution in [0.15, 0.2) is 87.9 Å². The standard InChI is InChI=1S/C27H26F3N5O3/c1-17(2)23-6-4-5-7-24(23)34-26(36)38-35-18(3)19-8-10-20(11-9-19)25(31)33-16-32-21-12-14-22(15-13-21)37-27(28,29)30/h4-17H,1-3H3,(H,34,36)(H2,31,32,33)/b35-18+. The number of halogens is 3. The van der Waals surface area contributed by atoms with Crippen LogP contribution in [0.3, 0.4) is 0 Å². The quantitative estimate of drug-likeness (QED) is 0.147. The summed E-state index contributed by atoms with van der Waals surface area (Å²) in [5.41, 5.74) is 9.78. The van der Waals surface area contributed by atoms with Crippen LogP contribution in [0.1, 0.15) is 43.4 Å². The van der Waals surface area contributed by atoms with E-state index in [4.69, 9.17) is 10.6 Å². The van der Waals surface area contributed by atoms with Crippen molar-refractivity contribution >= 4 is 35.4 Å². The monoisotopic (exact) mass is 525 g/mol. The number of nitrogens with zero attached hydrogens (tertiary/aromatic N) is 3. The molecule has 0 saturated carbocycles. The third-order valence-electron chi connectivity index (χ3n) is 5.16. The molecule has 3 N–H and O–H groups in total. The van der Waals surface area contributed by atoms with E-state index in [1.165, 1.54) is 18.5 Å². The van der Waals surface area contributed by atoms with E-state index in [-0.39, 0.29) is 17.5 Å². The van der Waals surface area contributed by atoms with Gasteiger partial charge in [-0.05, 0) is 54.3 Å². The van der Waals surface area contributed by atoms with Crippen molar-refractivity contribution in [3.63, 3.8) is 0 Å². The Labute approximate surface area is 217 Å². The Bertz CT molecular complexity index is 1330. The van der Waals surface area contributed by atoms with Crippen LogP contribution in [0.5, 0.6) is 5.75 Å². The van der Waals surface area contributed by atoms with E-state index in [1.807, 2.05) is 32.0 Å². The van der Waals surface area contributed by atoms with E-state index < -0.39 is 12.5 Å². The number of nitrogens with two attached hydrogens (primary N) is 1. The molecule has 0 saturated heterocycles. The van der Waals surface area contributed by atoms with Crippen LogP contribution >= 0.6 is 0 Å². The smallest absolute Gasteiger partial charge is 0.406 e. The summed E-state index contributed by atoms with van der Waals surface area (Å²) in [7, 11) is 0. The van der Waals surface area contributed by atoms with Crippen LogP contribution in [-0.4, -0.2) is 30.3 Å². The van der Waals surface area contributed by atoms with Gasteiger partial charge in [-0.25, -0.2) is 14.8 Å². The third-order valence-corrected chi connectivity index (χ3v) is 5.16. The number of rotatable bonds is 8. The van der Waals surface area contributed by atoms with Gasteiger partial charge >= 0.3 is 12.5 Å². The van der Waals surface area contributed by atoms with Crippen molar-refractivity contribution in [2.75, 3.05) is 5.32 Å². The van der Waals surface area contributed by atoms with Crippen LogP contribution < -0.4 is 15.8 Å². The number of hydrogen-bond donors (Lipinski definition) is 2. The van der Waals surface area contributed by atoms with Crippen molar-refractivity contribution in [2.45, 2.75) is 33.1 Å². The SMILES string of the molecule is C/C(=N\OC(=O)Nc1ccccc1C(C)C)c1ccc(C(N)=NC=Nc2ccc(OC(F)(F)F)cc2)cc1. The summed E-state index contributed by atoms with van der Waals surface area (Å²) in [6, 6.07) is 19.4. The number of alkyl halides is 3. The first-order valence-corrected chi connectivity index (χ1v) is 11.5. The van der Waals surface area contributed by atoms with Gasteiger partial charge in [-0.15, -0.1) is 13.2 Å². The second-order valence-electron chi connectivity index (χ2n) is 8.30. The first kappa shape index (κ1) is 27.9. The minimum Gasteiger partial charge on any atom is -0.406 e. The second-order valence-corrected chi connectivity index (χ2v) is 8.30. The van der Waals surface area contributed by atoms with Crippen LogP contribution in [0.4, 0.5) is 29.3 Å². The number of nitrogens with one attached hydrogen (secondary N) is 1. The molecule has 0 heterocycles. The van der Waals surface area contributed by atoms with E-state index in [2.05, 4.69) is 25.2 Å². The molecule has 0 unspecified atom stereocenters. The van der Waals surface area contributed by atoms with Crippen molar-refractivity contribution in [1.29, 1.82) is 0 Å². The lowest BCUT2D eigenvalue weighted by Gasteiger charge is -2.12. The molecule has 0 aliphatic rings. The molecule has 1 amide bonds. The fraction of sp³-hybridized carbons (Fsp3) is 0.185. The molecule has 3 aromatic rings. The molecule has 0 aromatic heterocycles. The normalized spacial score (nSPS) is 12.6. The fourth-order valence-electron chi connectivity index (χ4n) is 3.26. The summed E-state index contributed by atoms with van der Waals surface area (Å²) in [4.78, 5) is 25.3. The summed E-state index contributed by atoms with van der Waals surface area (Å²) < 4.78 is 40.5. The number of hydrogen-bond acceptors (Lipinski definition) is 5. The lowest BCUT2D eigenvalue weighted by Crippen LogP contribution is -2.16. The Morgan fingerprint density at radius 3 is 2.24 bits per heavy atom. The lowest BCUT2D eigenvalue weighted by atomic mass is 10.0. The highest BCUT2D eigenvalue weighted by atomic mass is 19.4. The molecular formula is C27H26F3N5O3. The Kier molecular flexibility index (Phi) is 9.20. The van der Waals surface area contributed by atoms with E-state index in [0.717, 1.165) is 17.7 Å². The molecule has 8 nitrogen and oxygen atoms in total. The second kappa shape index (κ2) is 12.5. The molecule has 0 aliphatic heterocycles. The highest BCUT2D eigenvalue weighted by Crippen LogP contribution is 2.25. The summed E-state index contributed by atoms with van der Waals surface area (Å²) >= 11 is 0. The zero-order chi connectivity index (χ0) is 27.7. The Balaban J connectivity index is 1.57. The molecular weight excluding hydrogens is 499 g/mol. The van der Waals surface area contributed by atoms with E-state index in [9.17, 15) is 18.0 Å². The molecule has 11 heteroatoms. The molecule has 0 atom stereocenters. The predicted octanol–water partition coefficient (Wildman–Crippen LogP) is 6.75. The molecule has 0 fully saturated rings. The van der Waals surface area contributed by atoms with Gasteiger partial charge in [-0.1, -0.05) is 61.5 Å². The highest BCUT2D eigenvalue weighted by molar-refractivity contribution is 6.03. The van der Waals surface area contributed by atoms with E-state index in [0.29, 0.717) is 28.2 Å². The van der Waals surface area contributed by atoms with Crippen molar-refractivity contribution < 1.29 is 27.5 Å². The van der Waals surface area contributed by atoms with Crippen LogP contribution in [0.2, 0.25) is 0 Å². The first-order valence-electron chi connectivity index (χ1n) is 11.5. The number of amides is 1. The van der Waals surface area contributed by atoms with Gasteiger partial charge in [-0.3, -0.25) is 10.2 Å². The first-order chi connectivity index (χ1) is 18.0. The van der Waals surface area contributed by atoms with Crippen LogP contribution in [-0.2, 0) is 4.84 Å². The molecule has 3 rings (SSSR count). The molecule has 3 aromatic carbocycles. The minimum absolute atomic E-state index is 0.173. The number of ether oxygens (including phenoxy) is 1. The Hall–Kier alpha value is -4.67. The maximum Gasteiger partial charge on any atom is 0.573 e. The number of oxime groups is 1. The van der Waals surface area contributed by atoms with Crippen LogP contribution in [0, 0.1) is 0 Å². The van der Waals surface area contributed by atoms with E-state index >= 15 is 0 Å². The number of amidine groups is 1. The maximum absolute atomic E-state index is 12.2. The summed E-state index contributed by atoms with van der Waals surface area (Å²) in [6.07, 6.45) is -4.27. The average Bonchev–Trinajstić information content (AvgIpc) is 2.87. The van der Waals surface area contributed by atoms with Crippen molar-refractivity contribution in [3.8, 4) is 5.75 Å². The fourth-order valence-corrected chi connectivity index (χ4v) is 3.26. The number of carbonyl (C=O) groups excluding carboxylic acids is 1. The number of anilines is 1. The van der Waals surface area contributed by atoms with Gasteiger partial charge in [0.15, 0.2) is 0 Å². The molecule has 0 bridgehead atoms. The van der Waals surface area contributed by atoms with Crippen LogP contribution in [0.25, 0.3) is 0 Å². The number of aliphatic imine (C=N–C) groups is 2. The molecule has 38 heavy (non-hydrogen) atoms. The molecule has 0 radical (unpaired) electrons. The maximum atomic E-state index is 12.2. The Morgan fingerprint density at radius 2 is 1.61 bits per heavy atom. The number of para-hydroxylation sites is 1. The third kappa shape index (κ3) is 8.47. The number of carbonyl (C=O) groups is 1. The zero-order valence-corrected chi connectivity index (χ0v) is 20.9. The Morgan fingerprint density at radius 1 is 0.974 bits per heavy atom. The average molecular weight is 526 g/mol. The topological polar surface area (TPSA) is 111 Å². The molecule has 198 valence electrons. The molecule has 0 spiro atoms. The largest absolute Gasteiger partial charge is 0.573 e. The summed E-state index contributed by atoms with van der Waals surface area (Å²) in [5.74, 6) is 0.0537. The predicted molar refractivity (Wildman–Crippen MR) is 141 cm³/mol. The van der Waals surface area contributed by atoms with Crippen molar-refractivity contribution in [2.24, 2.45) is 20.9 Å². The van der Waals surface area contributed by atoms with Gasteiger partial charge in [0.05, 0.1) is 11.4 Å². The van der Waals surface area contributed by atoms with Gasteiger partial charge in [0.25, 0.3) is 0 Å². The highest BCUT2D eigenvalue weighted by Gasteiger charge is 2.30. The van der Waals surface area contributed by atoms with E-state index in [1.54, 1.807) is 37.3 Å². The van der Waals surface area contributed by atoms with Gasteiger partial charge in [0, 0.05) is 11.3 Å². The molecule has 0 aliphatic carbocycles. The lowest BCUT2D eigenvalue weighted by molar-refractivity contribution is -0.274. The van der Waals surface area contributed by atoms with Crippen molar-refractivity contribution in [3.05, 3.63) is 89.5 Å². The number of benzene rings is 3. The van der Waals surface area contributed by atoms with Gasteiger partial charge in [-0.2, -0.15) is 0 Å². The summed E-state index contributed by atoms with van der Waals surface area (Å²) in [6.45, 7) is 5.75. The van der Waals surface area contributed by atoms with Gasteiger partial charge in [0.2, 0.25) is 0 Å². The zero-order valence-electron chi connectivity index (χ0n) is 20.9. The summed E-state index contributed by atoms with van der Waals surface area (Å²) in [5, 5.41) is 6.60. The minimum atomic E-state index is -4.76.